The first-order valence-electron chi connectivity index (χ1n) is 7.62. The highest BCUT2D eigenvalue weighted by Gasteiger charge is 2.20. The molecule has 1 amide bonds. The molecule has 5 nitrogen and oxygen atoms in total. The Morgan fingerprint density at radius 1 is 1.48 bits per heavy atom. The molecule has 0 radical (unpaired) electrons. The summed E-state index contributed by atoms with van der Waals surface area (Å²) in [6, 6.07) is 3.48. The van der Waals surface area contributed by atoms with Gasteiger partial charge in [0, 0.05) is 31.5 Å². The SMILES string of the molecule is CC(C)c1cc(C(=O)N(C)CC2CCCCO2)cc(N)n1. The van der Waals surface area contributed by atoms with Gasteiger partial charge in [-0.05, 0) is 37.3 Å². The first-order valence-corrected chi connectivity index (χ1v) is 7.62. The molecule has 0 bridgehead atoms. The summed E-state index contributed by atoms with van der Waals surface area (Å²) in [4.78, 5) is 18.5. The van der Waals surface area contributed by atoms with Gasteiger partial charge in [0.25, 0.3) is 5.91 Å². The smallest absolute Gasteiger partial charge is 0.253 e. The molecule has 2 rings (SSSR count). The van der Waals surface area contributed by atoms with Crippen molar-refractivity contribution in [2.75, 3.05) is 25.9 Å². The van der Waals surface area contributed by atoms with E-state index in [4.69, 9.17) is 10.5 Å². The van der Waals surface area contributed by atoms with Gasteiger partial charge in [-0.15, -0.1) is 0 Å². The number of hydrogen-bond donors (Lipinski definition) is 1. The highest BCUT2D eigenvalue weighted by molar-refractivity contribution is 5.94. The minimum atomic E-state index is -0.0276. The molecule has 2 heterocycles. The highest BCUT2D eigenvalue weighted by atomic mass is 16.5. The first-order chi connectivity index (χ1) is 9.97. The lowest BCUT2D eigenvalue weighted by atomic mass is 10.1. The minimum Gasteiger partial charge on any atom is -0.384 e. The van der Waals surface area contributed by atoms with Crippen LogP contribution in [0, 0.1) is 0 Å². The molecule has 0 aromatic carbocycles. The number of carbonyl (C=O) groups is 1. The van der Waals surface area contributed by atoms with Gasteiger partial charge in [-0.2, -0.15) is 0 Å². The molecule has 0 saturated carbocycles. The van der Waals surface area contributed by atoms with Gasteiger partial charge in [-0.3, -0.25) is 4.79 Å². The van der Waals surface area contributed by atoms with Crippen molar-refractivity contribution in [1.82, 2.24) is 9.88 Å². The van der Waals surface area contributed by atoms with Crippen LogP contribution in [0.15, 0.2) is 12.1 Å². The van der Waals surface area contributed by atoms with Crippen molar-refractivity contribution in [1.29, 1.82) is 0 Å². The number of rotatable bonds is 4. The van der Waals surface area contributed by atoms with E-state index in [0.717, 1.165) is 25.1 Å². The molecule has 1 aliphatic heterocycles. The molecular weight excluding hydrogens is 266 g/mol. The molecular formula is C16H25N3O2. The van der Waals surface area contributed by atoms with Crippen molar-refractivity contribution < 1.29 is 9.53 Å². The molecule has 21 heavy (non-hydrogen) atoms. The molecule has 1 unspecified atom stereocenters. The number of nitrogens with two attached hydrogens (primary N) is 1. The Morgan fingerprint density at radius 3 is 2.86 bits per heavy atom. The number of aromatic nitrogens is 1. The van der Waals surface area contributed by atoms with Crippen LogP contribution in [0.25, 0.3) is 0 Å². The fourth-order valence-electron chi connectivity index (χ4n) is 2.55. The maximum atomic E-state index is 12.5. The van der Waals surface area contributed by atoms with Gasteiger partial charge in [-0.1, -0.05) is 13.8 Å². The van der Waals surface area contributed by atoms with E-state index in [9.17, 15) is 4.79 Å². The summed E-state index contributed by atoms with van der Waals surface area (Å²) >= 11 is 0. The molecule has 0 aliphatic carbocycles. The Hall–Kier alpha value is -1.62. The second-order valence-electron chi connectivity index (χ2n) is 6.03. The zero-order chi connectivity index (χ0) is 15.4. The Kier molecular flexibility index (Phi) is 5.17. The van der Waals surface area contributed by atoms with Crippen LogP contribution >= 0.6 is 0 Å². The van der Waals surface area contributed by atoms with E-state index in [1.54, 1.807) is 11.0 Å². The van der Waals surface area contributed by atoms with E-state index in [2.05, 4.69) is 4.98 Å². The van der Waals surface area contributed by atoms with Crippen molar-refractivity contribution in [2.24, 2.45) is 0 Å². The summed E-state index contributed by atoms with van der Waals surface area (Å²) in [6.07, 6.45) is 3.46. The van der Waals surface area contributed by atoms with Crippen LogP contribution in [0.1, 0.15) is 55.1 Å². The number of hydrogen-bond acceptors (Lipinski definition) is 4. The largest absolute Gasteiger partial charge is 0.384 e. The van der Waals surface area contributed by atoms with E-state index in [-0.39, 0.29) is 17.9 Å². The van der Waals surface area contributed by atoms with Crippen LogP contribution in [0.4, 0.5) is 5.82 Å². The average Bonchev–Trinajstić information content (AvgIpc) is 2.46. The Balaban J connectivity index is 2.07. The molecule has 5 heteroatoms. The first kappa shape index (κ1) is 15.8. The van der Waals surface area contributed by atoms with Crippen LogP contribution in [0.2, 0.25) is 0 Å². The number of carbonyl (C=O) groups excluding carboxylic acids is 1. The van der Waals surface area contributed by atoms with Crippen LogP contribution < -0.4 is 5.73 Å². The quantitative estimate of drug-likeness (QED) is 0.925. The summed E-state index contributed by atoms with van der Waals surface area (Å²) in [5, 5.41) is 0. The van der Waals surface area contributed by atoms with E-state index in [1.165, 1.54) is 6.42 Å². The van der Waals surface area contributed by atoms with Crippen LogP contribution in [0.3, 0.4) is 0 Å². The predicted molar refractivity (Wildman–Crippen MR) is 83.3 cm³/mol. The lowest BCUT2D eigenvalue weighted by molar-refractivity contribution is -0.000189. The van der Waals surface area contributed by atoms with E-state index < -0.39 is 0 Å². The van der Waals surface area contributed by atoms with Gasteiger partial charge in [0.15, 0.2) is 0 Å². The standard InChI is InChI=1S/C16H25N3O2/c1-11(2)14-8-12(9-15(17)18-14)16(20)19(3)10-13-6-4-5-7-21-13/h8-9,11,13H,4-7,10H2,1-3H3,(H2,17,18). The number of amides is 1. The zero-order valence-electron chi connectivity index (χ0n) is 13.1. The van der Waals surface area contributed by atoms with Crippen molar-refractivity contribution in [3.8, 4) is 0 Å². The molecule has 1 aromatic heterocycles. The van der Waals surface area contributed by atoms with Crippen LogP contribution in [-0.4, -0.2) is 42.1 Å². The molecule has 1 aliphatic rings. The number of nitrogen functional groups attached to an aromatic ring is 1. The van der Waals surface area contributed by atoms with Gasteiger partial charge in [0.2, 0.25) is 0 Å². The fourth-order valence-corrected chi connectivity index (χ4v) is 2.55. The van der Waals surface area contributed by atoms with Crippen LogP contribution in [-0.2, 0) is 4.74 Å². The highest BCUT2D eigenvalue weighted by Crippen LogP contribution is 2.18. The molecule has 116 valence electrons. The lowest BCUT2D eigenvalue weighted by Crippen LogP contribution is -2.37. The fraction of sp³-hybridized carbons (Fsp3) is 0.625. The van der Waals surface area contributed by atoms with Crippen LogP contribution in [0.5, 0.6) is 0 Å². The van der Waals surface area contributed by atoms with Crippen molar-refractivity contribution in [2.45, 2.75) is 45.1 Å². The number of ether oxygens (including phenoxy) is 1. The van der Waals surface area contributed by atoms with Gasteiger partial charge in [0.05, 0.1) is 6.10 Å². The average molecular weight is 291 g/mol. The summed E-state index contributed by atoms with van der Waals surface area (Å²) in [5.74, 6) is 0.610. The van der Waals surface area contributed by atoms with Gasteiger partial charge in [0.1, 0.15) is 5.82 Å². The molecule has 1 atom stereocenters. The Labute approximate surface area is 126 Å². The monoisotopic (exact) mass is 291 g/mol. The molecule has 1 saturated heterocycles. The molecule has 2 N–H and O–H groups in total. The maximum Gasteiger partial charge on any atom is 0.253 e. The van der Waals surface area contributed by atoms with Crippen molar-refractivity contribution in [3.63, 3.8) is 0 Å². The van der Waals surface area contributed by atoms with Gasteiger partial charge >= 0.3 is 0 Å². The predicted octanol–water partition coefficient (Wildman–Crippen LogP) is 2.43. The van der Waals surface area contributed by atoms with E-state index in [0.29, 0.717) is 17.9 Å². The van der Waals surface area contributed by atoms with Crippen molar-refractivity contribution in [3.05, 3.63) is 23.4 Å². The van der Waals surface area contributed by atoms with Gasteiger partial charge in [-0.25, -0.2) is 4.98 Å². The van der Waals surface area contributed by atoms with Crippen molar-refractivity contribution >= 4 is 11.7 Å². The number of anilines is 1. The second-order valence-corrected chi connectivity index (χ2v) is 6.03. The molecule has 1 aromatic rings. The Morgan fingerprint density at radius 2 is 2.24 bits per heavy atom. The maximum absolute atomic E-state index is 12.5. The number of likely N-dealkylation sites (N-methyl/N-ethyl adjacent to an activating group) is 1. The lowest BCUT2D eigenvalue weighted by Gasteiger charge is -2.27. The minimum absolute atomic E-state index is 0.0276. The zero-order valence-corrected chi connectivity index (χ0v) is 13.1. The molecule has 1 fully saturated rings. The third-order valence-corrected chi connectivity index (χ3v) is 3.80. The number of pyridine rings is 1. The summed E-state index contributed by atoms with van der Waals surface area (Å²) < 4.78 is 5.69. The normalized spacial score (nSPS) is 18.8. The van der Waals surface area contributed by atoms with Gasteiger partial charge < -0.3 is 15.4 Å². The summed E-state index contributed by atoms with van der Waals surface area (Å²) in [6.45, 7) is 5.50. The number of nitrogens with zero attached hydrogens (tertiary/aromatic N) is 2. The second kappa shape index (κ2) is 6.89. The molecule has 0 spiro atoms. The summed E-state index contributed by atoms with van der Waals surface area (Å²) in [7, 11) is 1.81. The van der Waals surface area contributed by atoms with E-state index in [1.807, 2.05) is 27.0 Å². The topological polar surface area (TPSA) is 68.5 Å². The third-order valence-electron chi connectivity index (χ3n) is 3.80. The Bertz CT molecular complexity index is 496. The van der Waals surface area contributed by atoms with E-state index >= 15 is 0 Å². The summed E-state index contributed by atoms with van der Waals surface area (Å²) in [5.41, 5.74) is 7.26. The third kappa shape index (κ3) is 4.17.